The highest BCUT2D eigenvalue weighted by atomic mass is 16.4. The number of nitrogens with one attached hydrogen (secondary N) is 2. The second-order valence-electron chi connectivity index (χ2n) is 7.38. The van der Waals surface area contributed by atoms with Gasteiger partial charge in [-0.3, -0.25) is 9.89 Å². The van der Waals surface area contributed by atoms with Crippen molar-refractivity contribution in [3.05, 3.63) is 64.6 Å². The number of pyridine rings is 1. The van der Waals surface area contributed by atoms with E-state index in [1.807, 2.05) is 44.2 Å². The van der Waals surface area contributed by atoms with Crippen LogP contribution in [-0.2, 0) is 4.79 Å². The third-order valence-corrected chi connectivity index (χ3v) is 5.49. The van der Waals surface area contributed by atoms with E-state index in [2.05, 4.69) is 20.6 Å². The van der Waals surface area contributed by atoms with Gasteiger partial charge in [0.1, 0.15) is 11.5 Å². The molecule has 30 heavy (non-hydrogen) atoms. The number of para-hydroxylation sites is 1. The largest absolute Gasteiger partial charge is 0.477 e. The lowest BCUT2D eigenvalue weighted by atomic mass is 9.86. The predicted octanol–water partition coefficient (Wildman–Crippen LogP) is 2.93. The van der Waals surface area contributed by atoms with Crippen LogP contribution in [0.4, 0.5) is 5.82 Å². The van der Waals surface area contributed by atoms with Gasteiger partial charge in [-0.05, 0) is 31.5 Å². The molecular weight excluding hydrogens is 384 g/mol. The standard InChI is InChI=1S/C21H18N6O3/c1-10-7-16(23-15-6-4-3-5-12(10)15)27-20-18(11(2)26-27)13(8-17(28)24-20)14-9-22-25-19(14)21(29)30/h3-7,9,13H,8H2,1-2H3,(H,22,25)(H,24,28)(H,29,30). The molecule has 1 aliphatic heterocycles. The predicted molar refractivity (Wildman–Crippen MR) is 109 cm³/mol. The van der Waals surface area contributed by atoms with Gasteiger partial charge in [-0.25, -0.2) is 9.78 Å². The van der Waals surface area contributed by atoms with Gasteiger partial charge < -0.3 is 10.4 Å². The first-order valence-electron chi connectivity index (χ1n) is 9.46. The number of rotatable bonds is 3. The number of fused-ring (bicyclic) bond motifs is 2. The first-order valence-corrected chi connectivity index (χ1v) is 9.46. The summed E-state index contributed by atoms with van der Waals surface area (Å²) in [4.78, 5) is 28.8. The minimum absolute atomic E-state index is 0.0209. The molecule has 3 N–H and O–H groups in total. The summed E-state index contributed by atoms with van der Waals surface area (Å²) in [6, 6.07) is 9.75. The van der Waals surface area contributed by atoms with E-state index in [1.165, 1.54) is 6.20 Å². The number of nitrogens with zero attached hydrogens (tertiary/aromatic N) is 4. The summed E-state index contributed by atoms with van der Waals surface area (Å²) in [5.74, 6) is -0.708. The van der Waals surface area contributed by atoms with Gasteiger partial charge in [-0.1, -0.05) is 18.2 Å². The number of carboxylic acid groups (broad SMARTS) is 1. The Labute approximate surface area is 170 Å². The Bertz CT molecular complexity index is 1340. The summed E-state index contributed by atoms with van der Waals surface area (Å²) in [7, 11) is 0. The summed E-state index contributed by atoms with van der Waals surface area (Å²) < 4.78 is 1.62. The Hall–Kier alpha value is -4.01. The van der Waals surface area contributed by atoms with Crippen LogP contribution in [0.5, 0.6) is 0 Å². The van der Waals surface area contributed by atoms with Crippen molar-refractivity contribution >= 4 is 28.6 Å². The van der Waals surface area contributed by atoms with E-state index in [0.717, 1.165) is 22.0 Å². The number of H-pyrrole nitrogens is 1. The number of hydrogen-bond donors (Lipinski definition) is 3. The number of aryl methyl sites for hydroxylation is 2. The average molecular weight is 402 g/mol. The Morgan fingerprint density at radius 1 is 1.27 bits per heavy atom. The van der Waals surface area contributed by atoms with Gasteiger partial charge >= 0.3 is 5.97 Å². The van der Waals surface area contributed by atoms with Crippen LogP contribution in [0, 0.1) is 13.8 Å². The fourth-order valence-electron chi connectivity index (χ4n) is 4.15. The molecule has 0 radical (unpaired) electrons. The maximum Gasteiger partial charge on any atom is 0.354 e. The molecule has 4 heterocycles. The fourth-order valence-corrected chi connectivity index (χ4v) is 4.15. The highest BCUT2D eigenvalue weighted by Crippen LogP contribution is 2.41. The summed E-state index contributed by atoms with van der Waals surface area (Å²) in [6.45, 7) is 3.84. The molecule has 9 heteroatoms. The molecule has 1 aromatic carbocycles. The number of amides is 1. The van der Waals surface area contributed by atoms with Crippen molar-refractivity contribution in [3.63, 3.8) is 0 Å². The van der Waals surface area contributed by atoms with Crippen LogP contribution < -0.4 is 5.32 Å². The first-order chi connectivity index (χ1) is 14.4. The number of carboxylic acids is 1. The number of anilines is 1. The minimum Gasteiger partial charge on any atom is -0.477 e. The van der Waals surface area contributed by atoms with Gasteiger partial charge in [0.15, 0.2) is 5.82 Å². The summed E-state index contributed by atoms with van der Waals surface area (Å²) in [6.07, 6.45) is 1.58. The van der Waals surface area contributed by atoms with Crippen molar-refractivity contribution in [1.82, 2.24) is 25.0 Å². The molecule has 0 saturated carbocycles. The normalized spacial score (nSPS) is 15.8. The smallest absolute Gasteiger partial charge is 0.354 e. The minimum atomic E-state index is -1.12. The van der Waals surface area contributed by atoms with Crippen molar-refractivity contribution in [3.8, 4) is 5.82 Å². The lowest BCUT2D eigenvalue weighted by Crippen LogP contribution is -2.25. The zero-order valence-electron chi connectivity index (χ0n) is 16.3. The number of carbonyl (C=O) groups is 2. The third kappa shape index (κ3) is 2.66. The molecule has 0 bridgehead atoms. The number of aromatic carboxylic acids is 1. The van der Waals surface area contributed by atoms with Crippen LogP contribution in [0.15, 0.2) is 36.5 Å². The van der Waals surface area contributed by atoms with E-state index in [4.69, 9.17) is 4.98 Å². The topological polar surface area (TPSA) is 126 Å². The van der Waals surface area contributed by atoms with E-state index in [-0.39, 0.29) is 18.0 Å². The molecule has 5 rings (SSSR count). The molecule has 150 valence electrons. The molecule has 9 nitrogen and oxygen atoms in total. The molecule has 1 atom stereocenters. The summed E-state index contributed by atoms with van der Waals surface area (Å²) >= 11 is 0. The van der Waals surface area contributed by atoms with Crippen molar-refractivity contribution in [1.29, 1.82) is 0 Å². The number of aromatic nitrogens is 5. The summed E-state index contributed by atoms with van der Waals surface area (Å²) in [5, 5.41) is 24.5. The number of hydrogen-bond acceptors (Lipinski definition) is 5. The van der Waals surface area contributed by atoms with Crippen LogP contribution in [0.2, 0.25) is 0 Å². The number of carbonyl (C=O) groups excluding carboxylic acids is 1. The molecule has 1 aliphatic rings. The van der Waals surface area contributed by atoms with Crippen LogP contribution in [0.3, 0.4) is 0 Å². The zero-order valence-corrected chi connectivity index (χ0v) is 16.3. The molecule has 4 aromatic rings. The van der Waals surface area contributed by atoms with Crippen molar-refractivity contribution < 1.29 is 14.7 Å². The Kier molecular flexibility index (Phi) is 3.92. The Morgan fingerprint density at radius 2 is 2.07 bits per heavy atom. The average Bonchev–Trinajstić information content (AvgIpc) is 3.33. The van der Waals surface area contributed by atoms with E-state index < -0.39 is 11.9 Å². The maximum atomic E-state index is 12.5. The Balaban J connectivity index is 1.71. The van der Waals surface area contributed by atoms with E-state index >= 15 is 0 Å². The van der Waals surface area contributed by atoms with E-state index in [9.17, 15) is 14.7 Å². The SMILES string of the molecule is Cc1nn(-c2cc(C)c3ccccc3n2)c2c1C(c1cn[nH]c1C(=O)O)CC(=O)N2. The zero-order chi connectivity index (χ0) is 21.0. The van der Waals surface area contributed by atoms with Gasteiger partial charge in [0.2, 0.25) is 5.91 Å². The highest BCUT2D eigenvalue weighted by molar-refractivity contribution is 5.96. The quantitative estimate of drug-likeness (QED) is 0.484. The molecular formula is C21H18N6O3. The summed E-state index contributed by atoms with van der Waals surface area (Å²) in [5.41, 5.74) is 3.78. The van der Waals surface area contributed by atoms with Gasteiger partial charge in [0, 0.05) is 28.9 Å². The van der Waals surface area contributed by atoms with Crippen LogP contribution in [0.1, 0.15) is 45.2 Å². The molecule has 0 fully saturated rings. The van der Waals surface area contributed by atoms with Crippen molar-refractivity contribution in [2.24, 2.45) is 0 Å². The first kappa shape index (κ1) is 18.0. The Morgan fingerprint density at radius 3 is 2.87 bits per heavy atom. The maximum absolute atomic E-state index is 12.5. The van der Waals surface area contributed by atoms with Crippen LogP contribution >= 0.6 is 0 Å². The molecule has 3 aromatic heterocycles. The molecule has 0 spiro atoms. The lowest BCUT2D eigenvalue weighted by Gasteiger charge is -2.23. The second-order valence-corrected chi connectivity index (χ2v) is 7.38. The van der Waals surface area contributed by atoms with Gasteiger partial charge in [0.05, 0.1) is 17.4 Å². The monoisotopic (exact) mass is 402 g/mol. The lowest BCUT2D eigenvalue weighted by molar-refractivity contribution is -0.116. The van der Waals surface area contributed by atoms with Gasteiger partial charge in [0.25, 0.3) is 0 Å². The van der Waals surface area contributed by atoms with Gasteiger partial charge in [-0.2, -0.15) is 14.9 Å². The second kappa shape index (κ2) is 6.51. The fraction of sp³-hybridized carbons (Fsp3) is 0.190. The third-order valence-electron chi connectivity index (χ3n) is 5.49. The van der Waals surface area contributed by atoms with E-state index in [1.54, 1.807) is 4.68 Å². The van der Waals surface area contributed by atoms with Crippen LogP contribution in [0.25, 0.3) is 16.7 Å². The number of aromatic amines is 1. The molecule has 0 saturated heterocycles. The van der Waals surface area contributed by atoms with Crippen molar-refractivity contribution in [2.75, 3.05) is 5.32 Å². The van der Waals surface area contributed by atoms with Crippen LogP contribution in [-0.4, -0.2) is 41.9 Å². The molecule has 0 aliphatic carbocycles. The molecule has 1 unspecified atom stereocenters. The van der Waals surface area contributed by atoms with Gasteiger partial charge in [-0.15, -0.1) is 0 Å². The highest BCUT2D eigenvalue weighted by Gasteiger charge is 2.35. The van der Waals surface area contributed by atoms with E-state index in [0.29, 0.717) is 22.9 Å². The molecule has 1 amide bonds. The number of benzene rings is 1. The van der Waals surface area contributed by atoms with Crippen molar-refractivity contribution in [2.45, 2.75) is 26.2 Å².